The molecule has 19 heavy (non-hydrogen) atoms. The van der Waals surface area contributed by atoms with Gasteiger partial charge in [-0.1, -0.05) is 24.3 Å². The van der Waals surface area contributed by atoms with Crippen molar-refractivity contribution >= 4 is 22.7 Å². The zero-order chi connectivity index (χ0) is 13.8. The van der Waals surface area contributed by atoms with E-state index in [0.717, 1.165) is 11.4 Å². The van der Waals surface area contributed by atoms with Crippen molar-refractivity contribution in [2.75, 3.05) is 43.3 Å². The second-order valence-corrected chi connectivity index (χ2v) is 4.95. The summed E-state index contributed by atoms with van der Waals surface area (Å²) >= 11 is 0. The van der Waals surface area contributed by atoms with Gasteiger partial charge in [0.05, 0.1) is 17.1 Å². The van der Waals surface area contributed by atoms with Gasteiger partial charge in [-0.25, -0.2) is 0 Å². The predicted octanol–water partition coefficient (Wildman–Crippen LogP) is 3.56. The third kappa shape index (κ3) is 2.99. The van der Waals surface area contributed by atoms with Crippen LogP contribution in [0.1, 0.15) is 0 Å². The Hall–Kier alpha value is -2.16. The molecule has 100 valence electrons. The van der Waals surface area contributed by atoms with Gasteiger partial charge in [0.25, 0.3) is 0 Å². The van der Waals surface area contributed by atoms with Crippen molar-refractivity contribution in [2.24, 2.45) is 0 Å². The van der Waals surface area contributed by atoms with Crippen LogP contribution in [0, 0.1) is 0 Å². The van der Waals surface area contributed by atoms with Gasteiger partial charge in [-0.2, -0.15) is 0 Å². The van der Waals surface area contributed by atoms with Gasteiger partial charge < -0.3 is 15.1 Å². The summed E-state index contributed by atoms with van der Waals surface area (Å²) in [4.78, 5) is 4.27. The fourth-order valence-electron chi connectivity index (χ4n) is 2.14. The molecule has 0 heterocycles. The molecule has 0 spiro atoms. The van der Waals surface area contributed by atoms with E-state index in [1.165, 1.54) is 11.4 Å². The molecule has 0 bridgehead atoms. The van der Waals surface area contributed by atoms with Crippen molar-refractivity contribution in [1.29, 1.82) is 0 Å². The molecule has 0 fully saturated rings. The van der Waals surface area contributed by atoms with Crippen molar-refractivity contribution in [1.82, 2.24) is 0 Å². The van der Waals surface area contributed by atoms with Crippen molar-refractivity contribution in [2.45, 2.75) is 0 Å². The average Bonchev–Trinajstić information content (AvgIpc) is 2.39. The van der Waals surface area contributed by atoms with E-state index in [1.807, 2.05) is 18.2 Å². The number of para-hydroxylation sites is 2. The van der Waals surface area contributed by atoms with Crippen molar-refractivity contribution in [3.05, 3.63) is 48.5 Å². The first-order valence-corrected chi connectivity index (χ1v) is 6.39. The molecule has 0 atom stereocenters. The third-order valence-electron chi connectivity index (χ3n) is 3.00. The molecule has 0 saturated carbocycles. The summed E-state index contributed by atoms with van der Waals surface area (Å²) in [6.45, 7) is 0. The maximum Gasteiger partial charge on any atom is 0.0837 e. The van der Waals surface area contributed by atoms with Crippen LogP contribution in [-0.2, 0) is 0 Å². The largest absolute Gasteiger partial charge is 0.376 e. The highest BCUT2D eigenvalue weighted by Gasteiger charge is 2.11. The SMILES string of the molecule is CN(C)c1cccc(Nc2ccccc2)c1N(C)C. The Morgan fingerprint density at radius 3 is 2.00 bits per heavy atom. The molecule has 0 amide bonds. The van der Waals surface area contributed by atoms with Gasteiger partial charge in [-0.05, 0) is 24.3 Å². The number of hydrogen-bond acceptors (Lipinski definition) is 3. The Bertz CT molecular complexity index is 533. The van der Waals surface area contributed by atoms with Crippen LogP contribution >= 0.6 is 0 Å². The maximum atomic E-state index is 3.48. The van der Waals surface area contributed by atoms with Crippen LogP contribution in [0.4, 0.5) is 22.7 Å². The average molecular weight is 255 g/mol. The highest BCUT2D eigenvalue weighted by molar-refractivity contribution is 5.86. The van der Waals surface area contributed by atoms with E-state index in [4.69, 9.17) is 0 Å². The minimum Gasteiger partial charge on any atom is -0.376 e. The fraction of sp³-hybridized carbons (Fsp3) is 0.250. The topological polar surface area (TPSA) is 18.5 Å². The Morgan fingerprint density at radius 2 is 1.42 bits per heavy atom. The molecule has 2 aromatic rings. The van der Waals surface area contributed by atoms with E-state index in [-0.39, 0.29) is 0 Å². The van der Waals surface area contributed by atoms with Crippen LogP contribution in [0.15, 0.2) is 48.5 Å². The van der Waals surface area contributed by atoms with Gasteiger partial charge in [0.1, 0.15) is 0 Å². The predicted molar refractivity (Wildman–Crippen MR) is 84.8 cm³/mol. The summed E-state index contributed by atoms with van der Waals surface area (Å²) in [6, 6.07) is 16.5. The lowest BCUT2D eigenvalue weighted by Crippen LogP contribution is -2.18. The first-order chi connectivity index (χ1) is 9.09. The maximum absolute atomic E-state index is 3.48. The molecule has 3 nitrogen and oxygen atoms in total. The Balaban J connectivity index is 2.42. The molecule has 2 aromatic carbocycles. The Kier molecular flexibility index (Phi) is 3.95. The highest BCUT2D eigenvalue weighted by Crippen LogP contribution is 2.36. The van der Waals surface area contributed by atoms with Gasteiger partial charge in [0, 0.05) is 33.9 Å². The molecule has 2 rings (SSSR count). The van der Waals surface area contributed by atoms with Crippen LogP contribution in [0.25, 0.3) is 0 Å². The molecular formula is C16H21N3. The van der Waals surface area contributed by atoms with Gasteiger partial charge >= 0.3 is 0 Å². The van der Waals surface area contributed by atoms with Gasteiger partial charge in [0.2, 0.25) is 0 Å². The Labute approximate surface area is 115 Å². The normalized spacial score (nSPS) is 10.1. The van der Waals surface area contributed by atoms with E-state index >= 15 is 0 Å². The summed E-state index contributed by atoms with van der Waals surface area (Å²) in [5.41, 5.74) is 4.60. The summed E-state index contributed by atoms with van der Waals surface area (Å²) < 4.78 is 0. The zero-order valence-corrected chi connectivity index (χ0v) is 12.0. The third-order valence-corrected chi connectivity index (χ3v) is 3.00. The fourth-order valence-corrected chi connectivity index (χ4v) is 2.14. The van der Waals surface area contributed by atoms with Crippen LogP contribution in [0.2, 0.25) is 0 Å². The van der Waals surface area contributed by atoms with E-state index in [0.29, 0.717) is 0 Å². The summed E-state index contributed by atoms with van der Waals surface area (Å²) in [7, 11) is 8.26. The number of hydrogen-bond donors (Lipinski definition) is 1. The zero-order valence-electron chi connectivity index (χ0n) is 12.0. The minimum atomic E-state index is 1.10. The van der Waals surface area contributed by atoms with Gasteiger partial charge in [-0.15, -0.1) is 0 Å². The molecule has 0 unspecified atom stereocenters. The second kappa shape index (κ2) is 5.65. The standard InChI is InChI=1S/C16H21N3/c1-18(2)15-12-8-11-14(16(15)19(3)4)17-13-9-6-5-7-10-13/h5-12,17H,1-4H3. The number of anilines is 4. The summed E-state index contributed by atoms with van der Waals surface area (Å²) in [6.07, 6.45) is 0. The van der Waals surface area contributed by atoms with Gasteiger partial charge in [0.15, 0.2) is 0 Å². The van der Waals surface area contributed by atoms with Crippen molar-refractivity contribution in [3.8, 4) is 0 Å². The number of nitrogens with zero attached hydrogens (tertiary/aromatic N) is 2. The van der Waals surface area contributed by atoms with E-state index in [1.54, 1.807) is 0 Å². The molecule has 0 aliphatic rings. The van der Waals surface area contributed by atoms with Crippen molar-refractivity contribution in [3.63, 3.8) is 0 Å². The van der Waals surface area contributed by atoms with E-state index < -0.39 is 0 Å². The molecule has 1 N–H and O–H groups in total. The molecular weight excluding hydrogens is 234 g/mol. The van der Waals surface area contributed by atoms with Crippen LogP contribution in [0.3, 0.4) is 0 Å². The quantitative estimate of drug-likeness (QED) is 0.901. The number of rotatable bonds is 4. The van der Waals surface area contributed by atoms with Gasteiger partial charge in [-0.3, -0.25) is 0 Å². The lowest BCUT2D eigenvalue weighted by Gasteiger charge is -2.25. The monoisotopic (exact) mass is 255 g/mol. The van der Waals surface area contributed by atoms with Crippen LogP contribution in [-0.4, -0.2) is 28.2 Å². The lowest BCUT2D eigenvalue weighted by atomic mass is 10.2. The second-order valence-electron chi connectivity index (χ2n) is 4.95. The van der Waals surface area contributed by atoms with E-state index in [2.05, 4.69) is 73.6 Å². The summed E-state index contributed by atoms with van der Waals surface area (Å²) in [5, 5.41) is 3.48. The molecule has 0 radical (unpaired) electrons. The van der Waals surface area contributed by atoms with Crippen molar-refractivity contribution < 1.29 is 0 Å². The molecule has 0 aliphatic carbocycles. The number of nitrogens with one attached hydrogen (secondary N) is 1. The first kappa shape index (κ1) is 13.3. The minimum absolute atomic E-state index is 1.10. The van der Waals surface area contributed by atoms with Crippen LogP contribution in [0.5, 0.6) is 0 Å². The smallest absolute Gasteiger partial charge is 0.0837 e. The highest BCUT2D eigenvalue weighted by atomic mass is 15.2. The van der Waals surface area contributed by atoms with E-state index in [9.17, 15) is 0 Å². The lowest BCUT2D eigenvalue weighted by molar-refractivity contribution is 1.08. The number of benzene rings is 2. The molecule has 3 heteroatoms. The molecule has 0 saturated heterocycles. The molecule has 0 aliphatic heterocycles. The van der Waals surface area contributed by atoms with Crippen LogP contribution < -0.4 is 15.1 Å². The first-order valence-electron chi connectivity index (χ1n) is 6.39. The Morgan fingerprint density at radius 1 is 0.737 bits per heavy atom. The molecule has 0 aromatic heterocycles. The summed E-state index contributed by atoms with van der Waals surface area (Å²) in [5.74, 6) is 0.